The van der Waals surface area contributed by atoms with Crippen LogP contribution in [-0.2, 0) is 4.74 Å². The number of nitrogens with one attached hydrogen (secondary N) is 1. The van der Waals surface area contributed by atoms with Gasteiger partial charge in [-0.25, -0.2) is 0 Å². The Morgan fingerprint density at radius 3 is 1.87 bits per heavy atom. The van der Waals surface area contributed by atoms with Crippen molar-refractivity contribution in [3.63, 3.8) is 0 Å². The maximum absolute atomic E-state index is 8.80. The molecule has 0 bridgehead atoms. The highest BCUT2D eigenvalue weighted by molar-refractivity contribution is 6.52. The van der Waals surface area contributed by atoms with E-state index in [0.29, 0.717) is 18.0 Å². The van der Waals surface area contributed by atoms with Crippen LogP contribution in [0.15, 0.2) is 65.7 Å². The number of nitrogens with two attached hydrogens (primary N) is 1. The lowest BCUT2D eigenvalue weighted by Crippen LogP contribution is -2.42. The molecule has 2 rings (SSSR count). The smallest absolute Gasteiger partial charge is 0.0908 e. The molecule has 0 saturated carbocycles. The van der Waals surface area contributed by atoms with Gasteiger partial charge in [-0.1, -0.05) is 60.7 Å². The lowest BCUT2D eigenvalue weighted by molar-refractivity contribution is -0.0395. The fraction of sp³-hybridized carbons (Fsp3) is 0.462. The highest BCUT2D eigenvalue weighted by Crippen LogP contribution is 2.24. The van der Waals surface area contributed by atoms with E-state index in [1.54, 1.807) is 0 Å². The Balaban J connectivity index is 2.21. The highest BCUT2D eigenvalue weighted by Gasteiger charge is 2.28. The first-order chi connectivity index (χ1) is 13.9. The highest BCUT2D eigenvalue weighted by atomic mass is 16.5. The maximum Gasteiger partial charge on any atom is 0.0908 e. The molecule has 0 amide bonds. The zero-order chi connectivity index (χ0) is 22.4. The predicted molar refractivity (Wildman–Crippen MR) is 128 cm³/mol. The van der Waals surface area contributed by atoms with Crippen LogP contribution in [0.1, 0.15) is 65.5 Å². The van der Waals surface area contributed by atoms with Gasteiger partial charge < -0.3 is 10.5 Å². The third-order valence-corrected chi connectivity index (χ3v) is 4.85. The van der Waals surface area contributed by atoms with E-state index in [2.05, 4.69) is 27.7 Å². The molecule has 4 nitrogen and oxygen atoms in total. The van der Waals surface area contributed by atoms with Gasteiger partial charge in [0, 0.05) is 23.3 Å². The summed E-state index contributed by atoms with van der Waals surface area (Å²) in [5.41, 5.74) is 8.17. The minimum Gasteiger partial charge on any atom is -0.375 e. The summed E-state index contributed by atoms with van der Waals surface area (Å²) in [6.07, 6.45) is 1.53. The molecule has 0 radical (unpaired) electrons. The summed E-state index contributed by atoms with van der Waals surface area (Å²) in [4.78, 5) is 5.04. The molecule has 0 aliphatic heterocycles. The molecule has 3 N–H and O–H groups in total. The molecule has 0 fully saturated rings. The zero-order valence-electron chi connectivity index (χ0n) is 19.3. The minimum atomic E-state index is -0.374. The van der Waals surface area contributed by atoms with Gasteiger partial charge in [-0.2, -0.15) is 0 Å². The number of hydrogen-bond acceptors (Lipinski definition) is 4. The van der Waals surface area contributed by atoms with Crippen LogP contribution in [-0.4, -0.2) is 34.7 Å². The Bertz CT molecular complexity index is 847. The van der Waals surface area contributed by atoms with E-state index in [0.717, 1.165) is 24.0 Å². The molecule has 0 aliphatic rings. The zero-order valence-corrected chi connectivity index (χ0v) is 19.3. The van der Waals surface area contributed by atoms with Crippen LogP contribution in [0.4, 0.5) is 0 Å². The molecule has 162 valence electrons. The summed E-state index contributed by atoms with van der Waals surface area (Å²) in [6.45, 7) is 13.0. The number of nitrogens with zero attached hydrogens (tertiary/aromatic N) is 1. The molecule has 0 saturated heterocycles. The van der Waals surface area contributed by atoms with Gasteiger partial charge in [0.15, 0.2) is 0 Å². The quantitative estimate of drug-likeness (QED) is 0.501. The van der Waals surface area contributed by atoms with E-state index in [1.165, 1.54) is 0 Å². The normalized spacial score (nSPS) is 13.4. The topological polar surface area (TPSA) is 71.5 Å². The Kier molecular flexibility index (Phi) is 7.73. The monoisotopic (exact) mass is 407 g/mol. The molecule has 0 spiro atoms. The van der Waals surface area contributed by atoms with Gasteiger partial charge >= 0.3 is 0 Å². The number of hydrogen-bond donors (Lipinski definition) is 2. The summed E-state index contributed by atoms with van der Waals surface area (Å²) < 4.78 is 6.17. The summed E-state index contributed by atoms with van der Waals surface area (Å²) in [5, 5.41) is 8.80. The molecule has 2 aromatic rings. The lowest BCUT2D eigenvalue weighted by atomic mass is 9.90. The van der Waals surface area contributed by atoms with Crippen molar-refractivity contribution in [2.45, 2.75) is 71.1 Å². The Labute approximate surface area is 182 Å². The Morgan fingerprint density at radius 1 is 0.867 bits per heavy atom. The van der Waals surface area contributed by atoms with Crippen molar-refractivity contribution in [2.24, 2.45) is 10.7 Å². The van der Waals surface area contributed by atoms with E-state index < -0.39 is 0 Å². The van der Waals surface area contributed by atoms with Crippen LogP contribution in [0.25, 0.3) is 0 Å². The van der Waals surface area contributed by atoms with E-state index >= 15 is 0 Å². The molecule has 0 atom stereocenters. The molecular weight excluding hydrogens is 370 g/mol. The summed E-state index contributed by atoms with van der Waals surface area (Å²) in [5.74, 6) is 0. The first-order valence-corrected chi connectivity index (χ1v) is 10.6. The molecule has 30 heavy (non-hydrogen) atoms. The fourth-order valence-electron chi connectivity index (χ4n) is 3.69. The predicted octanol–water partition coefficient (Wildman–Crippen LogP) is 5.64. The average Bonchev–Trinajstić information content (AvgIpc) is 2.65. The van der Waals surface area contributed by atoms with E-state index in [1.807, 2.05) is 74.5 Å². The standard InChI is InChI=1S/C26H37N3O/c1-24(2,28)19-26(5,6)30-18-17-25(3,4)29-23(21-15-11-8-12-16-21)22(27)20-13-9-7-10-14-20/h7-16,27H,17-19,28H2,1-6H3/b27-22?,29-23+. The number of benzene rings is 2. The average molecular weight is 408 g/mol. The minimum absolute atomic E-state index is 0.275. The van der Waals surface area contributed by atoms with Crippen LogP contribution in [0, 0.1) is 5.41 Å². The first kappa shape index (κ1) is 24.0. The number of rotatable bonds is 10. The largest absolute Gasteiger partial charge is 0.375 e. The third-order valence-electron chi connectivity index (χ3n) is 4.85. The Hall–Kier alpha value is -2.30. The molecule has 0 aromatic heterocycles. The summed E-state index contributed by atoms with van der Waals surface area (Å²) >= 11 is 0. The second-order valence-corrected chi connectivity index (χ2v) is 9.90. The van der Waals surface area contributed by atoms with Crippen molar-refractivity contribution in [3.8, 4) is 0 Å². The summed E-state index contributed by atoms with van der Waals surface area (Å²) in [6, 6.07) is 19.7. The molecular formula is C26H37N3O. The van der Waals surface area contributed by atoms with Gasteiger partial charge in [0.1, 0.15) is 0 Å². The van der Waals surface area contributed by atoms with Crippen molar-refractivity contribution in [1.82, 2.24) is 0 Å². The van der Waals surface area contributed by atoms with Gasteiger partial charge in [-0.3, -0.25) is 10.4 Å². The third kappa shape index (κ3) is 7.85. The van der Waals surface area contributed by atoms with Crippen molar-refractivity contribution in [3.05, 3.63) is 71.8 Å². The van der Waals surface area contributed by atoms with Crippen LogP contribution < -0.4 is 5.73 Å². The second-order valence-electron chi connectivity index (χ2n) is 9.90. The number of aliphatic imine (C=N–C) groups is 1. The molecule has 0 aliphatic carbocycles. The Morgan fingerprint density at radius 2 is 1.37 bits per heavy atom. The van der Waals surface area contributed by atoms with Gasteiger partial charge in [0.2, 0.25) is 0 Å². The van der Waals surface area contributed by atoms with Gasteiger partial charge in [0.05, 0.1) is 22.6 Å². The molecule has 0 heterocycles. The van der Waals surface area contributed by atoms with Crippen LogP contribution in [0.2, 0.25) is 0 Å². The van der Waals surface area contributed by atoms with Gasteiger partial charge in [-0.15, -0.1) is 0 Å². The van der Waals surface area contributed by atoms with Gasteiger partial charge in [-0.05, 0) is 54.4 Å². The van der Waals surface area contributed by atoms with Crippen LogP contribution in [0.3, 0.4) is 0 Å². The second kappa shape index (κ2) is 9.67. The fourth-order valence-corrected chi connectivity index (χ4v) is 3.69. The molecule has 2 aromatic carbocycles. The van der Waals surface area contributed by atoms with E-state index in [4.69, 9.17) is 20.9 Å². The SMILES string of the molecule is CC(C)(N)CC(C)(C)OCCC(C)(C)/N=C(/C(=N)c1ccccc1)c1ccccc1. The molecule has 0 unspecified atom stereocenters. The summed E-state index contributed by atoms with van der Waals surface area (Å²) in [7, 11) is 0. The van der Waals surface area contributed by atoms with Crippen LogP contribution >= 0.6 is 0 Å². The maximum atomic E-state index is 8.80. The lowest BCUT2D eigenvalue weighted by Gasteiger charge is -2.33. The van der Waals surface area contributed by atoms with Crippen molar-refractivity contribution in [1.29, 1.82) is 5.41 Å². The van der Waals surface area contributed by atoms with E-state index in [-0.39, 0.29) is 16.7 Å². The number of ether oxygens (including phenoxy) is 1. The molecule has 4 heteroatoms. The van der Waals surface area contributed by atoms with Gasteiger partial charge in [0.25, 0.3) is 0 Å². The first-order valence-electron chi connectivity index (χ1n) is 10.6. The van der Waals surface area contributed by atoms with Crippen LogP contribution in [0.5, 0.6) is 0 Å². The van der Waals surface area contributed by atoms with Crippen molar-refractivity contribution < 1.29 is 4.74 Å². The van der Waals surface area contributed by atoms with Crippen molar-refractivity contribution in [2.75, 3.05) is 6.61 Å². The van der Waals surface area contributed by atoms with E-state index in [9.17, 15) is 0 Å². The van der Waals surface area contributed by atoms with Crippen molar-refractivity contribution >= 4 is 11.4 Å².